The summed E-state index contributed by atoms with van der Waals surface area (Å²) < 4.78 is 1.64. The predicted molar refractivity (Wildman–Crippen MR) is 84.6 cm³/mol. The second kappa shape index (κ2) is 7.39. The van der Waals surface area contributed by atoms with Crippen LogP contribution in [0.2, 0.25) is 0 Å². The van der Waals surface area contributed by atoms with Gasteiger partial charge in [-0.15, -0.1) is 0 Å². The quantitative estimate of drug-likeness (QED) is 0.723. The molecule has 2 aromatic heterocycles. The third-order valence-corrected chi connectivity index (χ3v) is 3.26. The van der Waals surface area contributed by atoms with E-state index >= 15 is 0 Å². The average Bonchev–Trinajstić information content (AvgIpc) is 3.04. The minimum absolute atomic E-state index is 0.0698. The highest BCUT2D eigenvalue weighted by molar-refractivity contribution is 5.86. The molecule has 122 valence electrons. The number of nitrogens with one attached hydrogen (secondary N) is 2. The molecule has 23 heavy (non-hydrogen) atoms. The monoisotopic (exact) mass is 316 g/mol. The van der Waals surface area contributed by atoms with Crippen molar-refractivity contribution in [3.05, 3.63) is 42.4 Å². The van der Waals surface area contributed by atoms with Gasteiger partial charge < -0.3 is 16.4 Å². The number of aromatic nitrogens is 3. The van der Waals surface area contributed by atoms with Gasteiger partial charge in [0.2, 0.25) is 5.91 Å². The fraction of sp³-hybridized carbons (Fsp3) is 0.333. The number of hydrogen-bond donors (Lipinski definition) is 3. The summed E-state index contributed by atoms with van der Waals surface area (Å²) in [5, 5.41) is 9.35. The highest BCUT2D eigenvalue weighted by atomic mass is 16.2. The molecule has 0 saturated carbocycles. The summed E-state index contributed by atoms with van der Waals surface area (Å²) in [7, 11) is 0. The lowest BCUT2D eigenvalue weighted by molar-refractivity contribution is -0.124. The van der Waals surface area contributed by atoms with Gasteiger partial charge in [0.15, 0.2) is 5.82 Å². The number of urea groups is 1. The van der Waals surface area contributed by atoms with Crippen LogP contribution in [-0.4, -0.2) is 32.7 Å². The van der Waals surface area contributed by atoms with Crippen LogP contribution in [0.15, 0.2) is 36.8 Å². The molecule has 2 heterocycles. The van der Waals surface area contributed by atoms with Crippen molar-refractivity contribution in [3.63, 3.8) is 0 Å². The fourth-order valence-electron chi connectivity index (χ4n) is 2.09. The summed E-state index contributed by atoms with van der Waals surface area (Å²) in [5.74, 6) is 0.313. The van der Waals surface area contributed by atoms with Crippen LogP contribution in [0, 0.1) is 5.92 Å². The van der Waals surface area contributed by atoms with Gasteiger partial charge in [-0.1, -0.05) is 13.8 Å². The molecule has 0 radical (unpaired) electrons. The fourth-order valence-corrected chi connectivity index (χ4v) is 2.09. The van der Waals surface area contributed by atoms with Crippen molar-refractivity contribution in [1.29, 1.82) is 0 Å². The summed E-state index contributed by atoms with van der Waals surface area (Å²) in [6.07, 6.45) is 5.11. The number of carbonyl (C=O) groups is 2. The summed E-state index contributed by atoms with van der Waals surface area (Å²) in [5.41, 5.74) is 5.98. The Morgan fingerprint density at radius 1 is 1.35 bits per heavy atom. The molecular weight excluding hydrogens is 296 g/mol. The zero-order valence-corrected chi connectivity index (χ0v) is 13.1. The molecule has 2 aromatic rings. The lowest BCUT2D eigenvalue weighted by Crippen LogP contribution is -2.51. The van der Waals surface area contributed by atoms with Crippen molar-refractivity contribution < 1.29 is 9.59 Å². The second-order valence-corrected chi connectivity index (χ2v) is 5.42. The number of rotatable bonds is 6. The van der Waals surface area contributed by atoms with Gasteiger partial charge in [-0.05, 0) is 29.7 Å². The molecule has 0 unspecified atom stereocenters. The maximum atomic E-state index is 12.2. The summed E-state index contributed by atoms with van der Waals surface area (Å²) in [6, 6.07) is 4.06. The number of primary amides is 1. The number of amides is 3. The van der Waals surface area contributed by atoms with Crippen LogP contribution >= 0.6 is 0 Å². The van der Waals surface area contributed by atoms with E-state index in [0.29, 0.717) is 12.4 Å². The van der Waals surface area contributed by atoms with E-state index in [1.807, 2.05) is 19.9 Å². The van der Waals surface area contributed by atoms with Crippen LogP contribution in [0.25, 0.3) is 5.82 Å². The molecule has 0 aliphatic heterocycles. The summed E-state index contributed by atoms with van der Waals surface area (Å²) in [4.78, 5) is 27.4. The molecule has 1 atom stereocenters. The molecule has 3 amide bonds. The first-order valence-electron chi connectivity index (χ1n) is 7.26. The number of nitrogens with zero attached hydrogens (tertiary/aromatic N) is 3. The smallest absolute Gasteiger partial charge is 0.312 e. The van der Waals surface area contributed by atoms with E-state index in [0.717, 1.165) is 5.56 Å². The Bertz CT molecular complexity index is 668. The van der Waals surface area contributed by atoms with E-state index in [2.05, 4.69) is 20.7 Å². The highest BCUT2D eigenvalue weighted by Gasteiger charge is 2.22. The largest absolute Gasteiger partial charge is 0.352 e. The minimum Gasteiger partial charge on any atom is -0.352 e. The predicted octanol–water partition coefficient (Wildman–Crippen LogP) is 0.576. The Hall–Kier alpha value is -2.90. The number of nitrogens with two attached hydrogens (primary N) is 1. The van der Waals surface area contributed by atoms with Crippen molar-refractivity contribution in [1.82, 2.24) is 25.4 Å². The summed E-state index contributed by atoms with van der Waals surface area (Å²) >= 11 is 0. The van der Waals surface area contributed by atoms with Gasteiger partial charge >= 0.3 is 6.03 Å². The maximum Gasteiger partial charge on any atom is 0.312 e. The Balaban J connectivity index is 2.01. The molecule has 2 rings (SSSR count). The lowest BCUT2D eigenvalue weighted by atomic mass is 10.0. The normalized spacial score (nSPS) is 12.0. The standard InChI is InChI=1S/C15H20N6O2/c1-10(2)13(20-15(16)23)14(22)18-9-11-4-6-17-12(8-11)21-7-3-5-19-21/h3-8,10,13H,9H2,1-2H3,(H,18,22)(H3,16,20,23)/t13-/m1/s1. The van der Waals surface area contributed by atoms with Gasteiger partial charge in [-0.25, -0.2) is 14.5 Å². The molecular formula is C15H20N6O2. The van der Waals surface area contributed by atoms with Crippen LogP contribution < -0.4 is 16.4 Å². The van der Waals surface area contributed by atoms with Crippen LogP contribution in [0.1, 0.15) is 19.4 Å². The van der Waals surface area contributed by atoms with Gasteiger partial charge in [0.25, 0.3) is 0 Å². The van der Waals surface area contributed by atoms with Gasteiger partial charge in [0, 0.05) is 25.1 Å². The Kier molecular flexibility index (Phi) is 5.29. The molecule has 8 heteroatoms. The second-order valence-electron chi connectivity index (χ2n) is 5.42. The zero-order chi connectivity index (χ0) is 16.8. The number of carbonyl (C=O) groups excluding carboxylic acids is 2. The minimum atomic E-state index is -0.719. The van der Waals surface area contributed by atoms with Crippen molar-refractivity contribution in [2.75, 3.05) is 0 Å². The third kappa shape index (κ3) is 4.53. The molecule has 0 spiro atoms. The maximum absolute atomic E-state index is 12.2. The molecule has 8 nitrogen and oxygen atoms in total. The topological polar surface area (TPSA) is 115 Å². The first-order valence-corrected chi connectivity index (χ1v) is 7.26. The van der Waals surface area contributed by atoms with Crippen LogP contribution in [0.4, 0.5) is 4.79 Å². The van der Waals surface area contributed by atoms with Gasteiger partial charge in [-0.2, -0.15) is 5.10 Å². The number of pyridine rings is 1. The van der Waals surface area contributed by atoms with Crippen molar-refractivity contribution in [2.24, 2.45) is 11.7 Å². The molecule has 4 N–H and O–H groups in total. The average molecular weight is 316 g/mol. The van der Waals surface area contributed by atoms with E-state index in [1.165, 1.54) is 0 Å². The molecule has 0 aliphatic carbocycles. The molecule has 0 aromatic carbocycles. The summed E-state index contributed by atoms with van der Waals surface area (Å²) in [6.45, 7) is 3.99. The van der Waals surface area contributed by atoms with E-state index in [-0.39, 0.29) is 11.8 Å². The number of hydrogen-bond acceptors (Lipinski definition) is 4. The van der Waals surface area contributed by atoms with E-state index in [4.69, 9.17) is 5.73 Å². The molecule has 0 fully saturated rings. The Morgan fingerprint density at radius 2 is 2.13 bits per heavy atom. The van der Waals surface area contributed by atoms with Crippen molar-refractivity contribution >= 4 is 11.9 Å². The van der Waals surface area contributed by atoms with E-state index in [1.54, 1.807) is 35.4 Å². The molecule has 0 saturated heterocycles. The Morgan fingerprint density at radius 3 is 2.74 bits per heavy atom. The highest BCUT2D eigenvalue weighted by Crippen LogP contribution is 2.07. The van der Waals surface area contributed by atoms with E-state index in [9.17, 15) is 9.59 Å². The Labute approximate surface area is 134 Å². The lowest BCUT2D eigenvalue weighted by Gasteiger charge is -2.20. The third-order valence-electron chi connectivity index (χ3n) is 3.26. The van der Waals surface area contributed by atoms with Gasteiger partial charge in [0.05, 0.1) is 0 Å². The van der Waals surface area contributed by atoms with Gasteiger partial charge in [0.1, 0.15) is 6.04 Å². The van der Waals surface area contributed by atoms with Crippen LogP contribution in [-0.2, 0) is 11.3 Å². The van der Waals surface area contributed by atoms with Gasteiger partial charge in [-0.3, -0.25) is 4.79 Å². The van der Waals surface area contributed by atoms with Crippen LogP contribution in [0.5, 0.6) is 0 Å². The van der Waals surface area contributed by atoms with Crippen molar-refractivity contribution in [3.8, 4) is 5.82 Å². The first-order chi connectivity index (χ1) is 11.0. The molecule has 0 bridgehead atoms. The zero-order valence-electron chi connectivity index (χ0n) is 13.1. The molecule has 0 aliphatic rings. The first kappa shape index (κ1) is 16.5. The SMILES string of the molecule is CC(C)[C@@H](NC(N)=O)C(=O)NCc1ccnc(-n2cccn2)c1. The van der Waals surface area contributed by atoms with E-state index < -0.39 is 12.1 Å². The van der Waals surface area contributed by atoms with Crippen LogP contribution in [0.3, 0.4) is 0 Å². The van der Waals surface area contributed by atoms with Crippen molar-refractivity contribution in [2.45, 2.75) is 26.4 Å².